The van der Waals surface area contributed by atoms with Gasteiger partial charge in [0.25, 0.3) is 5.56 Å². The van der Waals surface area contributed by atoms with Crippen LogP contribution in [0.3, 0.4) is 0 Å². The van der Waals surface area contributed by atoms with Gasteiger partial charge in [-0.1, -0.05) is 6.07 Å². The molecule has 0 spiro atoms. The smallest absolute Gasteiger partial charge is 0.258 e. The number of rotatable bonds is 3. The van der Waals surface area contributed by atoms with E-state index >= 15 is 0 Å². The number of alkyl halides is 1. The number of aliphatic hydroxyl groups excluding tert-OH is 1. The number of aromatic nitrogens is 1. The van der Waals surface area contributed by atoms with E-state index in [-0.39, 0.29) is 12.2 Å². The zero-order valence-corrected chi connectivity index (χ0v) is 11.5. The number of fused-ring (bicyclic) bond motifs is 1. The van der Waals surface area contributed by atoms with Gasteiger partial charge in [-0.15, -0.1) is 0 Å². The first-order valence-corrected chi connectivity index (χ1v) is 6.62. The van der Waals surface area contributed by atoms with Crippen molar-refractivity contribution in [2.24, 2.45) is 7.05 Å². The summed E-state index contributed by atoms with van der Waals surface area (Å²) in [5.74, 6) is 0.595. The highest BCUT2D eigenvalue weighted by molar-refractivity contribution is 14.1. The van der Waals surface area contributed by atoms with Gasteiger partial charge in [0.15, 0.2) is 0 Å². The molecule has 0 unspecified atom stereocenters. The van der Waals surface area contributed by atoms with Crippen LogP contribution in [0.2, 0.25) is 0 Å². The number of aryl methyl sites for hydroxylation is 1. The molecule has 0 radical (unpaired) electrons. The second kappa shape index (κ2) is 5.05. The number of aliphatic hydroxyl groups is 1. The largest absolute Gasteiger partial charge is 0.482 e. The fourth-order valence-corrected chi connectivity index (χ4v) is 2.10. The number of pyridine rings is 1. The maximum absolute atomic E-state index is 11.9. The molecule has 1 N–H and O–H groups in total. The highest BCUT2D eigenvalue weighted by Crippen LogP contribution is 2.28. The fourth-order valence-electron chi connectivity index (χ4n) is 1.79. The van der Waals surface area contributed by atoms with Gasteiger partial charge in [0.1, 0.15) is 10.4 Å². The van der Waals surface area contributed by atoms with Crippen molar-refractivity contribution in [2.45, 2.75) is 6.61 Å². The molecule has 1 heterocycles. The third-order valence-corrected chi connectivity index (χ3v) is 2.97. The van der Waals surface area contributed by atoms with Crippen molar-refractivity contribution in [1.82, 2.24) is 4.57 Å². The summed E-state index contributed by atoms with van der Waals surface area (Å²) in [5, 5.41) is 10.6. The van der Waals surface area contributed by atoms with E-state index in [9.17, 15) is 9.90 Å². The summed E-state index contributed by atoms with van der Waals surface area (Å²) in [7, 11) is 1.71. The molecule has 1 aromatic carbocycles. The summed E-state index contributed by atoms with van der Waals surface area (Å²) < 4.78 is 7.51. The Morgan fingerprint density at radius 2 is 2.12 bits per heavy atom. The lowest BCUT2D eigenvalue weighted by Crippen LogP contribution is -2.16. The molecular formula is C12H12INO3. The van der Waals surface area contributed by atoms with Gasteiger partial charge in [-0.2, -0.15) is 0 Å². The van der Waals surface area contributed by atoms with Crippen LogP contribution in [-0.2, 0) is 13.7 Å². The van der Waals surface area contributed by atoms with E-state index in [1.807, 2.05) is 6.07 Å². The van der Waals surface area contributed by atoms with Gasteiger partial charge in [-0.25, -0.2) is 0 Å². The molecule has 0 atom stereocenters. The minimum atomic E-state index is -0.100. The predicted octanol–water partition coefficient (Wildman–Crippen LogP) is 1.80. The lowest BCUT2D eigenvalue weighted by atomic mass is 10.1. The molecule has 2 rings (SSSR count). The van der Waals surface area contributed by atoms with Crippen LogP contribution >= 0.6 is 22.6 Å². The first-order chi connectivity index (χ1) is 8.19. The Bertz CT molecular complexity index is 606. The van der Waals surface area contributed by atoms with Crippen LogP contribution in [0, 0.1) is 0 Å². The van der Waals surface area contributed by atoms with Gasteiger partial charge in [0, 0.05) is 24.2 Å². The van der Waals surface area contributed by atoms with Gasteiger partial charge < -0.3 is 14.4 Å². The lowest BCUT2D eigenvalue weighted by Gasteiger charge is -2.11. The second-order valence-electron chi connectivity index (χ2n) is 3.66. The number of benzene rings is 1. The van der Waals surface area contributed by atoms with E-state index in [0.29, 0.717) is 21.3 Å². The number of hydrogen-bond acceptors (Lipinski definition) is 3. The van der Waals surface area contributed by atoms with Crippen LogP contribution in [-0.4, -0.2) is 14.3 Å². The van der Waals surface area contributed by atoms with Crippen molar-refractivity contribution >= 4 is 33.4 Å². The standard InChI is InChI=1S/C12H12INO3/c1-14-5-4-9-10(12(14)16)3-2-8(6-15)11(9)17-7-13/h2-5,15H,6-7H2,1H3. The minimum Gasteiger partial charge on any atom is -0.482 e. The Morgan fingerprint density at radius 3 is 2.76 bits per heavy atom. The van der Waals surface area contributed by atoms with E-state index in [0.717, 1.165) is 5.39 Å². The monoisotopic (exact) mass is 345 g/mol. The lowest BCUT2D eigenvalue weighted by molar-refractivity contribution is 0.274. The first kappa shape index (κ1) is 12.4. The highest BCUT2D eigenvalue weighted by Gasteiger charge is 2.10. The fraction of sp³-hybridized carbons (Fsp3) is 0.250. The van der Waals surface area contributed by atoms with Crippen LogP contribution in [0.4, 0.5) is 0 Å². The van der Waals surface area contributed by atoms with Gasteiger partial charge in [-0.3, -0.25) is 4.79 Å². The molecule has 1 aromatic heterocycles. The maximum atomic E-state index is 11.9. The molecule has 2 aromatic rings. The number of hydrogen-bond donors (Lipinski definition) is 1. The van der Waals surface area contributed by atoms with Crippen LogP contribution in [0.5, 0.6) is 5.75 Å². The molecule has 0 fully saturated rings. The Kier molecular flexibility index (Phi) is 3.68. The third kappa shape index (κ3) is 2.16. The molecule has 90 valence electrons. The molecular weight excluding hydrogens is 333 g/mol. The van der Waals surface area contributed by atoms with Gasteiger partial charge in [-0.05, 0) is 34.7 Å². The molecule has 0 saturated heterocycles. The molecule has 0 aliphatic heterocycles. The second-order valence-corrected chi connectivity index (χ2v) is 4.28. The molecule has 0 aliphatic carbocycles. The normalized spacial score (nSPS) is 10.8. The predicted molar refractivity (Wildman–Crippen MR) is 74.6 cm³/mol. The average molecular weight is 345 g/mol. The molecule has 0 saturated carbocycles. The summed E-state index contributed by atoms with van der Waals surface area (Å²) in [5.41, 5.74) is 0.632. The van der Waals surface area contributed by atoms with Crippen molar-refractivity contribution < 1.29 is 9.84 Å². The van der Waals surface area contributed by atoms with Crippen molar-refractivity contribution in [2.75, 3.05) is 4.61 Å². The van der Waals surface area contributed by atoms with E-state index < -0.39 is 0 Å². The Balaban J connectivity index is 2.81. The molecule has 4 nitrogen and oxygen atoms in total. The van der Waals surface area contributed by atoms with E-state index in [2.05, 4.69) is 22.6 Å². The molecule has 0 amide bonds. The van der Waals surface area contributed by atoms with Crippen molar-refractivity contribution in [1.29, 1.82) is 0 Å². The molecule has 0 bridgehead atoms. The van der Waals surface area contributed by atoms with Crippen LogP contribution in [0.1, 0.15) is 5.56 Å². The Labute approximate surface area is 112 Å². The maximum Gasteiger partial charge on any atom is 0.258 e. The van der Waals surface area contributed by atoms with E-state index in [1.165, 1.54) is 4.57 Å². The quantitative estimate of drug-likeness (QED) is 0.682. The van der Waals surface area contributed by atoms with Crippen LogP contribution < -0.4 is 10.3 Å². The van der Waals surface area contributed by atoms with Crippen LogP contribution in [0.25, 0.3) is 10.8 Å². The Hall–Kier alpha value is -1.08. The number of halogens is 1. The SMILES string of the molecule is Cn1ccc2c(OCI)c(CO)ccc2c1=O. The number of nitrogens with zero attached hydrogens (tertiary/aromatic N) is 1. The summed E-state index contributed by atoms with van der Waals surface area (Å²) >= 11 is 2.08. The summed E-state index contributed by atoms with van der Waals surface area (Å²) in [6.45, 7) is -0.100. The minimum absolute atomic E-state index is 0.0645. The zero-order chi connectivity index (χ0) is 12.4. The van der Waals surface area contributed by atoms with Crippen molar-refractivity contribution in [3.05, 3.63) is 40.3 Å². The topological polar surface area (TPSA) is 51.5 Å². The third-order valence-electron chi connectivity index (χ3n) is 2.66. The number of ether oxygens (including phenoxy) is 1. The van der Waals surface area contributed by atoms with Crippen molar-refractivity contribution in [3.63, 3.8) is 0 Å². The zero-order valence-electron chi connectivity index (χ0n) is 9.31. The summed E-state index contributed by atoms with van der Waals surface area (Å²) in [6.07, 6.45) is 1.70. The van der Waals surface area contributed by atoms with E-state index in [4.69, 9.17) is 4.74 Å². The highest BCUT2D eigenvalue weighted by atomic mass is 127. The molecule has 0 aliphatic rings. The Morgan fingerprint density at radius 1 is 1.35 bits per heavy atom. The molecule has 17 heavy (non-hydrogen) atoms. The van der Waals surface area contributed by atoms with E-state index in [1.54, 1.807) is 25.4 Å². The first-order valence-electron chi connectivity index (χ1n) is 5.10. The average Bonchev–Trinajstić information content (AvgIpc) is 2.34. The van der Waals surface area contributed by atoms with Crippen molar-refractivity contribution in [3.8, 4) is 5.75 Å². The van der Waals surface area contributed by atoms with Crippen LogP contribution in [0.15, 0.2) is 29.2 Å². The van der Waals surface area contributed by atoms with Gasteiger partial charge in [0.05, 0.1) is 12.0 Å². The molecule has 5 heteroatoms. The summed E-state index contributed by atoms with van der Waals surface area (Å²) in [4.78, 5) is 11.9. The summed E-state index contributed by atoms with van der Waals surface area (Å²) in [6, 6.07) is 5.28. The van der Waals surface area contributed by atoms with Gasteiger partial charge in [0.2, 0.25) is 0 Å². The van der Waals surface area contributed by atoms with Gasteiger partial charge >= 0.3 is 0 Å².